The highest BCUT2D eigenvalue weighted by Gasteiger charge is 2.47. The molecule has 15 nitrogen and oxygen atoms in total. The summed E-state index contributed by atoms with van der Waals surface area (Å²) in [6.07, 6.45) is 2.99. The van der Waals surface area contributed by atoms with E-state index in [9.17, 15) is 29.1 Å². The number of carbonyl (C=O) groups is 4. The summed E-state index contributed by atoms with van der Waals surface area (Å²) in [6.45, 7) is 7.96. The van der Waals surface area contributed by atoms with E-state index in [2.05, 4.69) is 42.5 Å². The molecule has 4 amide bonds. The van der Waals surface area contributed by atoms with Crippen LogP contribution < -0.4 is 16.2 Å². The van der Waals surface area contributed by atoms with E-state index in [-0.39, 0.29) is 23.4 Å². The zero-order chi connectivity index (χ0) is 42.2. The summed E-state index contributed by atoms with van der Waals surface area (Å²) < 4.78 is 9.42. The van der Waals surface area contributed by atoms with E-state index in [0.717, 1.165) is 45.0 Å². The van der Waals surface area contributed by atoms with E-state index in [4.69, 9.17) is 4.74 Å². The number of imidazole rings is 1. The maximum absolute atomic E-state index is 13.7. The number of fused-ring (bicyclic) bond motifs is 2. The van der Waals surface area contributed by atoms with Crippen LogP contribution in [-0.2, 0) is 19.1 Å². The molecule has 3 aromatic carbocycles. The second-order valence-electron chi connectivity index (χ2n) is 16.1. The number of nitrogens with one attached hydrogen (secondary N) is 4. The SMILES string of the molecule is COC(=O)N[C@H](C(=O)N1CCCC1c1cc2ccc(-c3ccc4cc(-c5cnc([C@@H]6CCCN6C(=O)[C@](O)(NC(=O)OC)C(C)C)[nH]5)ccc4c3)cc2c(=O)[nH]1)C(C)C. The van der Waals surface area contributed by atoms with Crippen LogP contribution in [0.25, 0.3) is 43.9 Å². The summed E-state index contributed by atoms with van der Waals surface area (Å²) in [7, 11) is 2.44. The Morgan fingerprint density at radius 3 is 2.07 bits per heavy atom. The predicted molar refractivity (Wildman–Crippen MR) is 222 cm³/mol. The Labute approximate surface area is 341 Å². The Morgan fingerprint density at radius 1 is 0.797 bits per heavy atom. The van der Waals surface area contributed by atoms with Crippen molar-refractivity contribution < 1.29 is 33.8 Å². The summed E-state index contributed by atoms with van der Waals surface area (Å²) in [4.78, 5) is 79.3. The highest BCUT2D eigenvalue weighted by molar-refractivity contribution is 5.93. The molecule has 2 aliphatic rings. The van der Waals surface area contributed by atoms with Gasteiger partial charge in [0.25, 0.3) is 11.5 Å². The van der Waals surface area contributed by atoms with Crippen molar-refractivity contribution in [2.24, 2.45) is 11.8 Å². The Morgan fingerprint density at radius 2 is 1.41 bits per heavy atom. The van der Waals surface area contributed by atoms with Gasteiger partial charge in [-0.3, -0.25) is 19.7 Å². The van der Waals surface area contributed by atoms with Gasteiger partial charge in [0.15, 0.2) is 0 Å². The number of amides is 4. The van der Waals surface area contributed by atoms with Crippen LogP contribution in [0.15, 0.2) is 71.7 Å². The van der Waals surface area contributed by atoms with Crippen molar-refractivity contribution in [2.45, 2.75) is 77.2 Å². The summed E-state index contributed by atoms with van der Waals surface area (Å²) in [5.41, 5.74) is 1.78. The number of methoxy groups -OCH3 is 2. The first kappa shape index (κ1) is 41.0. The minimum absolute atomic E-state index is 0.160. The van der Waals surface area contributed by atoms with Crippen LogP contribution in [0.5, 0.6) is 0 Å². The molecule has 5 N–H and O–H groups in total. The van der Waals surface area contributed by atoms with Crippen molar-refractivity contribution in [1.29, 1.82) is 0 Å². The van der Waals surface area contributed by atoms with Crippen molar-refractivity contribution in [3.05, 3.63) is 88.7 Å². The second-order valence-corrected chi connectivity index (χ2v) is 16.1. The third-order valence-corrected chi connectivity index (χ3v) is 11.7. The summed E-state index contributed by atoms with van der Waals surface area (Å²) in [5, 5.41) is 19.6. The highest BCUT2D eigenvalue weighted by atomic mass is 16.5. The fraction of sp³-hybridized carbons (Fsp3) is 0.409. The molecule has 0 saturated carbocycles. The van der Waals surface area contributed by atoms with Crippen molar-refractivity contribution in [1.82, 2.24) is 35.4 Å². The van der Waals surface area contributed by atoms with Gasteiger partial charge in [0.2, 0.25) is 11.6 Å². The monoisotopic (exact) mass is 805 g/mol. The number of H-pyrrole nitrogens is 2. The first-order valence-electron chi connectivity index (χ1n) is 20.0. The molecule has 310 valence electrons. The Kier molecular flexibility index (Phi) is 11.5. The van der Waals surface area contributed by atoms with Gasteiger partial charge in [-0.2, -0.15) is 0 Å². The topological polar surface area (TPSA) is 199 Å². The maximum Gasteiger partial charge on any atom is 0.409 e. The lowest BCUT2D eigenvalue weighted by molar-refractivity contribution is -0.161. The van der Waals surface area contributed by atoms with E-state index in [1.165, 1.54) is 14.2 Å². The number of hydrogen-bond acceptors (Lipinski definition) is 9. The number of aromatic nitrogens is 3. The van der Waals surface area contributed by atoms with Crippen LogP contribution in [0.1, 0.15) is 77.0 Å². The molecule has 15 heteroatoms. The smallest absolute Gasteiger partial charge is 0.409 e. The number of rotatable bonds is 10. The van der Waals surface area contributed by atoms with Gasteiger partial charge in [0.05, 0.1) is 38.2 Å². The van der Waals surface area contributed by atoms with Crippen LogP contribution >= 0.6 is 0 Å². The molecule has 2 fully saturated rings. The molecular formula is C44H51N7O8. The van der Waals surface area contributed by atoms with Gasteiger partial charge in [-0.15, -0.1) is 0 Å². The fourth-order valence-electron chi connectivity index (χ4n) is 8.28. The number of carbonyl (C=O) groups excluding carboxylic acids is 4. The largest absolute Gasteiger partial charge is 0.453 e. The molecule has 4 atom stereocenters. The number of alkyl carbamates (subject to hydrolysis) is 2. The van der Waals surface area contributed by atoms with Gasteiger partial charge < -0.3 is 39.7 Å². The molecule has 4 heterocycles. The molecule has 0 bridgehead atoms. The van der Waals surface area contributed by atoms with Crippen LogP contribution in [0.4, 0.5) is 9.59 Å². The van der Waals surface area contributed by atoms with Gasteiger partial charge in [-0.05, 0) is 83.2 Å². The lowest BCUT2D eigenvalue weighted by Gasteiger charge is -2.36. The normalized spacial score (nSPS) is 18.3. The van der Waals surface area contributed by atoms with Crippen LogP contribution in [0.2, 0.25) is 0 Å². The third kappa shape index (κ3) is 7.98. The lowest BCUT2D eigenvalue weighted by atomic mass is 9.97. The number of aromatic amines is 2. The van der Waals surface area contributed by atoms with Crippen molar-refractivity contribution >= 4 is 45.5 Å². The minimum Gasteiger partial charge on any atom is -0.453 e. The van der Waals surface area contributed by atoms with Gasteiger partial charge in [0, 0.05) is 35.7 Å². The Bertz CT molecular complexity index is 2480. The molecule has 5 aromatic rings. The number of pyridine rings is 1. The quantitative estimate of drug-likeness (QED) is 0.103. The van der Waals surface area contributed by atoms with E-state index in [1.807, 2.05) is 62.4 Å². The number of aliphatic hydroxyl groups is 1. The lowest BCUT2D eigenvalue weighted by Crippen LogP contribution is -2.62. The average Bonchev–Trinajstić information content (AvgIpc) is 4.03. The third-order valence-electron chi connectivity index (χ3n) is 11.7. The number of nitrogens with zero attached hydrogens (tertiary/aromatic N) is 3. The summed E-state index contributed by atoms with van der Waals surface area (Å²) >= 11 is 0. The van der Waals surface area contributed by atoms with Crippen LogP contribution in [0.3, 0.4) is 0 Å². The fourth-order valence-corrected chi connectivity index (χ4v) is 8.28. The van der Waals surface area contributed by atoms with Crippen molar-refractivity contribution in [2.75, 3.05) is 27.3 Å². The molecule has 0 aliphatic carbocycles. The molecular weight excluding hydrogens is 755 g/mol. The Balaban J connectivity index is 1.09. The average molecular weight is 806 g/mol. The highest BCUT2D eigenvalue weighted by Crippen LogP contribution is 2.36. The molecule has 2 aromatic heterocycles. The van der Waals surface area contributed by atoms with Gasteiger partial charge >= 0.3 is 12.2 Å². The summed E-state index contributed by atoms with van der Waals surface area (Å²) in [6, 6.07) is 18.5. The van der Waals surface area contributed by atoms with Gasteiger partial charge in [-0.25, -0.2) is 14.6 Å². The predicted octanol–water partition coefficient (Wildman–Crippen LogP) is 6.15. The van der Waals surface area contributed by atoms with Gasteiger partial charge in [0.1, 0.15) is 11.9 Å². The molecule has 1 unspecified atom stereocenters. The minimum atomic E-state index is -2.14. The summed E-state index contributed by atoms with van der Waals surface area (Å²) in [5.74, 6) is -1.01. The van der Waals surface area contributed by atoms with Crippen molar-refractivity contribution in [3.8, 4) is 22.4 Å². The van der Waals surface area contributed by atoms with Crippen LogP contribution in [0, 0.1) is 11.8 Å². The molecule has 0 spiro atoms. The molecule has 2 saturated heterocycles. The first-order valence-corrected chi connectivity index (χ1v) is 20.0. The second kappa shape index (κ2) is 16.6. The van der Waals surface area contributed by atoms with Crippen molar-refractivity contribution in [3.63, 3.8) is 0 Å². The molecule has 0 radical (unpaired) electrons. The first-order chi connectivity index (χ1) is 28.2. The molecule has 59 heavy (non-hydrogen) atoms. The van der Waals surface area contributed by atoms with E-state index < -0.39 is 41.8 Å². The number of ether oxygens (including phenoxy) is 2. The zero-order valence-corrected chi connectivity index (χ0v) is 34.1. The molecule has 7 rings (SSSR count). The number of hydrogen-bond donors (Lipinski definition) is 5. The number of benzene rings is 3. The van der Waals surface area contributed by atoms with E-state index >= 15 is 0 Å². The zero-order valence-electron chi connectivity index (χ0n) is 34.1. The molecule has 2 aliphatic heterocycles. The number of likely N-dealkylation sites (tertiary alicyclic amines) is 2. The van der Waals surface area contributed by atoms with E-state index in [0.29, 0.717) is 49.3 Å². The maximum atomic E-state index is 13.7. The standard InChI is InChI=1S/C44H51N7O8/c1-24(2)37(48-42(55)58-5)40(53)50-17-7-9-35(50)33-22-30-15-13-29(21-32(30)39(52)47-33)27-11-12-28-20-31(16-14-26(28)19-27)34-23-45-38(46-34)36-10-8-18-51(36)41(54)44(57,25(3)4)49-43(56)59-6/h11-16,19-25,35-37,57H,7-10,17-18H2,1-6H3,(H,45,46)(H,47,52)(H,48,55)(H,49,56)/t35?,36-,37-,44-/m0/s1. The van der Waals surface area contributed by atoms with E-state index in [1.54, 1.807) is 29.8 Å². The van der Waals surface area contributed by atoms with Gasteiger partial charge in [-0.1, -0.05) is 64.1 Å². The Hall–Kier alpha value is -6.22. The van der Waals surface area contributed by atoms with Crippen LogP contribution in [-0.4, -0.2) is 92.9 Å².